The van der Waals surface area contributed by atoms with E-state index >= 15 is 0 Å². The second-order valence-corrected chi connectivity index (χ2v) is 4.63. The summed E-state index contributed by atoms with van der Waals surface area (Å²) in [5.41, 5.74) is 1.84. The molecule has 2 rings (SSSR count). The van der Waals surface area contributed by atoms with E-state index in [4.69, 9.17) is 4.74 Å². The van der Waals surface area contributed by atoms with Gasteiger partial charge in [-0.25, -0.2) is 0 Å². The van der Waals surface area contributed by atoms with Gasteiger partial charge < -0.3 is 9.84 Å². The maximum Gasteiger partial charge on any atom is 0.118 e. The lowest BCUT2D eigenvalue weighted by molar-refractivity contribution is 0.175. The van der Waals surface area contributed by atoms with Crippen molar-refractivity contribution >= 4 is 12.6 Å². The molecule has 2 nitrogen and oxygen atoms in total. The molecule has 0 fully saturated rings. The Labute approximate surface area is 113 Å². The maximum atomic E-state index is 10.3. The number of aliphatic hydroxyl groups excluding tert-OH is 1. The molecule has 0 radical (unpaired) electrons. The van der Waals surface area contributed by atoms with E-state index in [0.717, 1.165) is 16.9 Å². The van der Waals surface area contributed by atoms with Gasteiger partial charge in [-0.1, -0.05) is 42.5 Å². The van der Waals surface area contributed by atoms with Crippen molar-refractivity contribution in [2.24, 2.45) is 0 Å². The fourth-order valence-corrected chi connectivity index (χ4v) is 2.16. The van der Waals surface area contributed by atoms with Crippen LogP contribution in [0.15, 0.2) is 54.6 Å². The van der Waals surface area contributed by atoms with E-state index in [9.17, 15) is 5.11 Å². The minimum absolute atomic E-state index is 0.236. The highest BCUT2D eigenvalue weighted by Crippen LogP contribution is 2.34. The molecule has 1 N–H and O–H groups in total. The van der Waals surface area contributed by atoms with Gasteiger partial charge in [-0.3, -0.25) is 0 Å². The van der Waals surface area contributed by atoms with E-state index < -0.39 is 6.10 Å². The lowest BCUT2D eigenvalue weighted by Gasteiger charge is -2.19. The average molecular weight is 260 g/mol. The van der Waals surface area contributed by atoms with E-state index in [1.807, 2.05) is 54.6 Å². The van der Waals surface area contributed by atoms with Gasteiger partial charge >= 0.3 is 0 Å². The molecule has 0 amide bonds. The van der Waals surface area contributed by atoms with Crippen LogP contribution in [-0.2, 0) is 0 Å². The Bertz CT molecular complexity index is 482. The van der Waals surface area contributed by atoms with Crippen LogP contribution in [-0.4, -0.2) is 12.2 Å². The summed E-state index contributed by atoms with van der Waals surface area (Å²) in [5.74, 6) is 0.779. The molecule has 0 aliphatic rings. The van der Waals surface area contributed by atoms with E-state index in [-0.39, 0.29) is 5.25 Å². The number of methoxy groups -OCH3 is 1. The first kappa shape index (κ1) is 13.0. The lowest BCUT2D eigenvalue weighted by atomic mass is 10.0. The molecule has 94 valence electrons. The summed E-state index contributed by atoms with van der Waals surface area (Å²) in [6.07, 6.45) is -0.637. The van der Waals surface area contributed by atoms with Gasteiger partial charge in [0.15, 0.2) is 0 Å². The first-order valence-electron chi connectivity index (χ1n) is 5.77. The number of hydrogen-bond acceptors (Lipinski definition) is 3. The molecule has 2 atom stereocenters. The van der Waals surface area contributed by atoms with Gasteiger partial charge in [0.05, 0.1) is 18.5 Å². The topological polar surface area (TPSA) is 29.5 Å². The number of ether oxygens (including phenoxy) is 1. The van der Waals surface area contributed by atoms with Crippen LogP contribution in [0.5, 0.6) is 5.75 Å². The predicted octanol–water partition coefficient (Wildman–Crippen LogP) is 3.40. The van der Waals surface area contributed by atoms with Crippen LogP contribution in [0.2, 0.25) is 0 Å². The van der Waals surface area contributed by atoms with E-state index in [1.165, 1.54) is 0 Å². The number of thiol groups is 1. The normalized spacial score (nSPS) is 13.9. The van der Waals surface area contributed by atoms with Crippen molar-refractivity contribution < 1.29 is 9.84 Å². The Morgan fingerprint density at radius 3 is 2.11 bits per heavy atom. The Hall–Kier alpha value is -1.45. The van der Waals surface area contributed by atoms with Crippen LogP contribution in [0.3, 0.4) is 0 Å². The standard InChI is InChI=1S/C15H16O2S/c1-17-13-9-7-11(8-10-13)14(16)15(18)12-5-3-2-4-6-12/h2-10,14-16,18H,1H3. The Balaban J connectivity index is 2.17. The minimum atomic E-state index is -0.637. The van der Waals surface area contributed by atoms with Crippen LogP contribution in [0.25, 0.3) is 0 Å². The third kappa shape index (κ3) is 2.86. The molecular weight excluding hydrogens is 244 g/mol. The van der Waals surface area contributed by atoms with Crippen molar-refractivity contribution in [3.8, 4) is 5.75 Å². The van der Waals surface area contributed by atoms with Gasteiger partial charge in [0.2, 0.25) is 0 Å². The molecule has 3 heteroatoms. The highest BCUT2D eigenvalue weighted by Gasteiger charge is 2.18. The largest absolute Gasteiger partial charge is 0.497 e. The highest BCUT2D eigenvalue weighted by molar-refractivity contribution is 7.80. The molecule has 18 heavy (non-hydrogen) atoms. The summed E-state index contributed by atoms with van der Waals surface area (Å²) < 4.78 is 5.09. The van der Waals surface area contributed by atoms with Gasteiger partial charge in [-0.2, -0.15) is 12.6 Å². The summed E-state index contributed by atoms with van der Waals surface area (Å²) in [6.45, 7) is 0. The van der Waals surface area contributed by atoms with Gasteiger partial charge in [-0.15, -0.1) is 0 Å². The molecule has 2 unspecified atom stereocenters. The van der Waals surface area contributed by atoms with Crippen LogP contribution in [0.4, 0.5) is 0 Å². The smallest absolute Gasteiger partial charge is 0.118 e. The molecule has 0 saturated heterocycles. The van der Waals surface area contributed by atoms with Crippen LogP contribution in [0, 0.1) is 0 Å². The molecule has 0 aromatic heterocycles. The van der Waals surface area contributed by atoms with Gasteiger partial charge in [0, 0.05) is 0 Å². The second-order valence-electron chi connectivity index (χ2n) is 4.07. The lowest BCUT2D eigenvalue weighted by Crippen LogP contribution is -2.05. The molecule has 0 saturated carbocycles. The first-order chi connectivity index (χ1) is 8.72. The molecule has 0 spiro atoms. The summed E-state index contributed by atoms with van der Waals surface area (Å²) >= 11 is 4.49. The SMILES string of the molecule is COc1ccc(C(O)C(S)c2ccccc2)cc1. The molecule has 0 aliphatic carbocycles. The van der Waals surface area contributed by atoms with Crippen molar-refractivity contribution in [3.05, 3.63) is 65.7 Å². The maximum absolute atomic E-state index is 10.3. The zero-order chi connectivity index (χ0) is 13.0. The van der Waals surface area contributed by atoms with Gasteiger partial charge in [-0.05, 0) is 23.3 Å². The average Bonchev–Trinajstić information content (AvgIpc) is 2.47. The van der Waals surface area contributed by atoms with Crippen LogP contribution >= 0.6 is 12.6 Å². The molecule has 0 aliphatic heterocycles. The van der Waals surface area contributed by atoms with Crippen molar-refractivity contribution in [2.75, 3.05) is 7.11 Å². The van der Waals surface area contributed by atoms with E-state index in [0.29, 0.717) is 0 Å². The fourth-order valence-electron chi connectivity index (χ4n) is 1.82. The monoisotopic (exact) mass is 260 g/mol. The van der Waals surface area contributed by atoms with E-state index in [1.54, 1.807) is 7.11 Å². The zero-order valence-corrected chi connectivity index (χ0v) is 11.0. The van der Waals surface area contributed by atoms with Gasteiger partial charge in [0.25, 0.3) is 0 Å². The number of benzene rings is 2. The Morgan fingerprint density at radius 1 is 0.944 bits per heavy atom. The second kappa shape index (κ2) is 5.94. The minimum Gasteiger partial charge on any atom is -0.497 e. The zero-order valence-electron chi connectivity index (χ0n) is 10.2. The number of hydrogen-bond donors (Lipinski definition) is 2. The molecule has 2 aromatic rings. The molecule has 0 heterocycles. The molecule has 0 bridgehead atoms. The number of aliphatic hydroxyl groups is 1. The fraction of sp³-hybridized carbons (Fsp3) is 0.200. The van der Waals surface area contributed by atoms with Crippen molar-refractivity contribution in [1.29, 1.82) is 0 Å². The summed E-state index contributed by atoms with van der Waals surface area (Å²) in [5, 5.41) is 10.1. The van der Waals surface area contributed by atoms with E-state index in [2.05, 4.69) is 12.6 Å². The third-order valence-electron chi connectivity index (χ3n) is 2.90. The van der Waals surface area contributed by atoms with Crippen LogP contribution in [0.1, 0.15) is 22.5 Å². The summed E-state index contributed by atoms with van der Waals surface area (Å²) in [6, 6.07) is 17.1. The third-order valence-corrected chi connectivity index (χ3v) is 3.48. The molecular formula is C15H16O2S. The number of rotatable bonds is 4. The van der Waals surface area contributed by atoms with Gasteiger partial charge in [0.1, 0.15) is 5.75 Å². The van der Waals surface area contributed by atoms with Crippen molar-refractivity contribution in [2.45, 2.75) is 11.4 Å². The Kier molecular flexibility index (Phi) is 4.28. The Morgan fingerprint density at radius 2 is 1.56 bits per heavy atom. The highest BCUT2D eigenvalue weighted by atomic mass is 32.1. The van der Waals surface area contributed by atoms with Crippen LogP contribution < -0.4 is 4.74 Å². The predicted molar refractivity (Wildman–Crippen MR) is 76.1 cm³/mol. The quantitative estimate of drug-likeness (QED) is 0.825. The van der Waals surface area contributed by atoms with Crippen molar-refractivity contribution in [3.63, 3.8) is 0 Å². The molecule has 2 aromatic carbocycles. The summed E-state index contributed by atoms with van der Waals surface area (Å²) in [7, 11) is 1.62. The van der Waals surface area contributed by atoms with Crippen molar-refractivity contribution in [1.82, 2.24) is 0 Å². The first-order valence-corrected chi connectivity index (χ1v) is 6.29. The summed E-state index contributed by atoms with van der Waals surface area (Å²) in [4.78, 5) is 0.